The fourth-order valence-electron chi connectivity index (χ4n) is 2.89. The van der Waals surface area contributed by atoms with Crippen molar-refractivity contribution in [3.05, 3.63) is 59.7 Å². The predicted molar refractivity (Wildman–Crippen MR) is 135 cm³/mol. The highest BCUT2D eigenvalue weighted by Crippen LogP contribution is 2.16. The molecule has 0 amide bonds. The number of halogens is 4. The summed E-state index contributed by atoms with van der Waals surface area (Å²) in [5.41, 5.74) is 4.13. The highest BCUT2D eigenvalue weighted by Gasteiger charge is 2.05. The topological polar surface area (TPSA) is 31.2 Å². The van der Waals surface area contributed by atoms with Gasteiger partial charge in [-0.05, 0) is 35.4 Å². The van der Waals surface area contributed by atoms with E-state index >= 15 is 0 Å². The molecular formula is C22H26Cl4N4. The summed E-state index contributed by atoms with van der Waals surface area (Å²) < 4.78 is 0. The second-order valence-corrected chi connectivity index (χ2v) is 7.91. The van der Waals surface area contributed by atoms with Crippen LogP contribution in [0.4, 0.5) is 11.4 Å². The highest BCUT2D eigenvalue weighted by molar-refractivity contribution is 6.19. The molecule has 0 saturated carbocycles. The molecular weight excluding hydrogens is 462 g/mol. The smallest absolute Gasteiger partial charge is 0.0568 e. The Balaban J connectivity index is 1.94. The maximum Gasteiger partial charge on any atom is 0.0568 e. The molecule has 0 atom stereocenters. The first-order valence-corrected chi connectivity index (χ1v) is 11.9. The molecule has 4 nitrogen and oxygen atoms in total. The molecule has 162 valence electrons. The standard InChI is InChI=1S/C22H26Cl4N4/c23-9-13-29(14-10-24)21-5-1-19(2-6-21)17-27-28-18-20-3-7-22(8-4-20)30(15-11-25)16-12-26/h1-8,17-18H,9-16H2. The Bertz CT molecular complexity index is 699. The summed E-state index contributed by atoms with van der Waals surface area (Å²) in [5, 5.41) is 8.29. The third kappa shape index (κ3) is 8.35. The first kappa shape index (κ1) is 24.8. The van der Waals surface area contributed by atoms with E-state index in [-0.39, 0.29) is 0 Å². The zero-order valence-corrected chi connectivity index (χ0v) is 19.8. The predicted octanol–water partition coefficient (Wildman–Crippen LogP) is 5.71. The van der Waals surface area contributed by atoms with Crippen LogP contribution in [0.3, 0.4) is 0 Å². The van der Waals surface area contributed by atoms with Crippen molar-refractivity contribution in [1.82, 2.24) is 0 Å². The monoisotopic (exact) mass is 486 g/mol. The Kier molecular flexibility index (Phi) is 12.0. The normalized spacial score (nSPS) is 11.5. The Morgan fingerprint density at radius 2 is 0.833 bits per heavy atom. The minimum absolute atomic E-state index is 0.563. The second kappa shape index (κ2) is 14.5. The zero-order valence-electron chi connectivity index (χ0n) is 16.7. The summed E-state index contributed by atoms with van der Waals surface area (Å²) in [6, 6.07) is 16.2. The van der Waals surface area contributed by atoms with Crippen molar-refractivity contribution in [1.29, 1.82) is 0 Å². The van der Waals surface area contributed by atoms with Gasteiger partial charge in [-0.15, -0.1) is 46.4 Å². The Hall–Kier alpha value is -1.46. The summed E-state index contributed by atoms with van der Waals surface area (Å²) in [7, 11) is 0. The molecule has 30 heavy (non-hydrogen) atoms. The largest absolute Gasteiger partial charge is 0.369 e. The van der Waals surface area contributed by atoms with Crippen LogP contribution >= 0.6 is 46.4 Å². The quantitative estimate of drug-likeness (QED) is 0.206. The molecule has 0 aliphatic carbocycles. The van der Waals surface area contributed by atoms with Gasteiger partial charge < -0.3 is 9.80 Å². The molecule has 0 bridgehead atoms. The lowest BCUT2D eigenvalue weighted by atomic mass is 10.2. The van der Waals surface area contributed by atoms with Gasteiger partial charge in [-0.2, -0.15) is 10.2 Å². The van der Waals surface area contributed by atoms with E-state index in [1.807, 2.05) is 48.5 Å². The lowest BCUT2D eigenvalue weighted by Crippen LogP contribution is -2.27. The van der Waals surface area contributed by atoms with Crippen molar-refractivity contribution in [3.63, 3.8) is 0 Å². The summed E-state index contributed by atoms with van der Waals surface area (Å²) in [5.74, 6) is 2.25. The average Bonchev–Trinajstić information content (AvgIpc) is 2.77. The molecule has 0 fully saturated rings. The van der Waals surface area contributed by atoms with E-state index in [4.69, 9.17) is 46.4 Å². The van der Waals surface area contributed by atoms with Gasteiger partial charge in [0.05, 0.1) is 12.4 Å². The molecule has 0 saturated heterocycles. The summed E-state index contributed by atoms with van der Waals surface area (Å²) in [6.45, 7) is 3.06. The molecule has 2 aromatic carbocycles. The van der Waals surface area contributed by atoms with Gasteiger partial charge in [-0.3, -0.25) is 0 Å². The van der Waals surface area contributed by atoms with Crippen LogP contribution in [-0.4, -0.2) is 62.1 Å². The highest BCUT2D eigenvalue weighted by atomic mass is 35.5. The van der Waals surface area contributed by atoms with E-state index in [0.29, 0.717) is 23.5 Å². The van der Waals surface area contributed by atoms with Crippen LogP contribution in [-0.2, 0) is 0 Å². The SMILES string of the molecule is ClCCN(CCCl)c1ccc(C=NN=Cc2ccc(N(CCCl)CCCl)cc2)cc1. The van der Waals surface area contributed by atoms with Gasteiger partial charge in [-0.1, -0.05) is 24.3 Å². The minimum Gasteiger partial charge on any atom is -0.369 e. The number of anilines is 2. The molecule has 0 spiro atoms. The van der Waals surface area contributed by atoms with Gasteiger partial charge in [0, 0.05) is 61.1 Å². The lowest BCUT2D eigenvalue weighted by molar-refractivity contribution is 0.874. The van der Waals surface area contributed by atoms with Crippen LogP contribution in [0.2, 0.25) is 0 Å². The molecule has 2 aromatic rings. The molecule has 0 aliphatic heterocycles. The molecule has 0 N–H and O–H groups in total. The van der Waals surface area contributed by atoms with Crippen molar-refractivity contribution >= 4 is 70.2 Å². The Morgan fingerprint density at radius 3 is 1.10 bits per heavy atom. The zero-order chi connectivity index (χ0) is 21.6. The van der Waals surface area contributed by atoms with Gasteiger partial charge >= 0.3 is 0 Å². The molecule has 8 heteroatoms. The van der Waals surface area contributed by atoms with Gasteiger partial charge in [0.15, 0.2) is 0 Å². The fraction of sp³-hybridized carbons (Fsp3) is 0.364. The van der Waals surface area contributed by atoms with E-state index in [2.05, 4.69) is 20.0 Å². The maximum absolute atomic E-state index is 5.87. The molecule has 0 aliphatic rings. The number of hydrogen-bond donors (Lipinski definition) is 0. The van der Waals surface area contributed by atoms with Gasteiger partial charge in [0.2, 0.25) is 0 Å². The Morgan fingerprint density at radius 1 is 0.533 bits per heavy atom. The molecule has 0 heterocycles. The van der Waals surface area contributed by atoms with E-state index in [0.717, 1.165) is 48.7 Å². The van der Waals surface area contributed by atoms with E-state index in [9.17, 15) is 0 Å². The van der Waals surface area contributed by atoms with Crippen LogP contribution in [0.5, 0.6) is 0 Å². The average molecular weight is 488 g/mol. The number of hydrogen-bond acceptors (Lipinski definition) is 4. The minimum atomic E-state index is 0.563. The van der Waals surface area contributed by atoms with E-state index < -0.39 is 0 Å². The molecule has 0 radical (unpaired) electrons. The van der Waals surface area contributed by atoms with Gasteiger partial charge in [0.1, 0.15) is 0 Å². The summed E-state index contributed by atoms with van der Waals surface area (Å²) in [6.07, 6.45) is 3.45. The van der Waals surface area contributed by atoms with Crippen molar-refractivity contribution < 1.29 is 0 Å². The van der Waals surface area contributed by atoms with Crippen LogP contribution < -0.4 is 9.80 Å². The first-order chi connectivity index (χ1) is 14.7. The molecule has 2 rings (SSSR count). The first-order valence-electron chi connectivity index (χ1n) is 9.72. The van der Waals surface area contributed by atoms with Crippen molar-refractivity contribution in [3.8, 4) is 0 Å². The molecule has 0 aromatic heterocycles. The lowest BCUT2D eigenvalue weighted by Gasteiger charge is -2.22. The third-order valence-corrected chi connectivity index (χ3v) is 5.09. The second-order valence-electron chi connectivity index (χ2n) is 6.40. The van der Waals surface area contributed by atoms with Crippen molar-refractivity contribution in [2.75, 3.05) is 59.5 Å². The van der Waals surface area contributed by atoms with Gasteiger partial charge in [-0.25, -0.2) is 0 Å². The third-order valence-electron chi connectivity index (χ3n) is 4.41. The fourth-order valence-corrected chi connectivity index (χ4v) is 3.71. The molecule has 0 unspecified atom stereocenters. The number of alkyl halides is 4. The Labute approximate surface area is 199 Å². The van der Waals surface area contributed by atoms with Crippen molar-refractivity contribution in [2.45, 2.75) is 0 Å². The number of rotatable bonds is 13. The van der Waals surface area contributed by atoms with Crippen LogP contribution in [0.25, 0.3) is 0 Å². The van der Waals surface area contributed by atoms with Crippen LogP contribution in [0, 0.1) is 0 Å². The summed E-state index contributed by atoms with van der Waals surface area (Å²) in [4.78, 5) is 4.31. The summed E-state index contributed by atoms with van der Waals surface area (Å²) >= 11 is 23.5. The number of nitrogens with zero attached hydrogens (tertiary/aromatic N) is 4. The van der Waals surface area contributed by atoms with Crippen LogP contribution in [0.1, 0.15) is 11.1 Å². The van der Waals surface area contributed by atoms with Crippen molar-refractivity contribution in [2.24, 2.45) is 10.2 Å². The van der Waals surface area contributed by atoms with Crippen LogP contribution in [0.15, 0.2) is 58.7 Å². The van der Waals surface area contributed by atoms with E-state index in [1.54, 1.807) is 12.4 Å². The van der Waals surface area contributed by atoms with E-state index in [1.165, 1.54) is 0 Å². The van der Waals surface area contributed by atoms with Gasteiger partial charge in [0.25, 0.3) is 0 Å². The number of benzene rings is 2. The maximum atomic E-state index is 5.87.